The third-order valence-corrected chi connectivity index (χ3v) is 2.39. The van der Waals surface area contributed by atoms with E-state index in [1.807, 2.05) is 6.07 Å². The van der Waals surface area contributed by atoms with Crippen LogP contribution < -0.4 is 5.32 Å². The predicted molar refractivity (Wildman–Crippen MR) is 55.4 cm³/mol. The summed E-state index contributed by atoms with van der Waals surface area (Å²) in [6.07, 6.45) is 4.25. The number of rotatable bonds is 4. The molecule has 0 radical (unpaired) electrons. The van der Waals surface area contributed by atoms with E-state index in [4.69, 9.17) is 0 Å². The molecule has 0 unspecified atom stereocenters. The zero-order valence-electron chi connectivity index (χ0n) is 8.69. The summed E-state index contributed by atoms with van der Waals surface area (Å²) >= 11 is 0. The largest absolute Gasteiger partial charge is 0.464 e. The number of carbonyl (C=O) groups excluding carboxylic acids is 1. The van der Waals surface area contributed by atoms with Crippen molar-refractivity contribution in [1.29, 1.82) is 0 Å². The van der Waals surface area contributed by atoms with E-state index in [9.17, 15) is 4.79 Å². The Labute approximate surface area is 88.7 Å². The molecule has 0 aliphatic heterocycles. The van der Waals surface area contributed by atoms with Crippen molar-refractivity contribution in [3.05, 3.63) is 29.6 Å². The van der Waals surface area contributed by atoms with Gasteiger partial charge in [0, 0.05) is 18.8 Å². The minimum absolute atomic E-state index is 0.354. The van der Waals surface area contributed by atoms with Crippen molar-refractivity contribution in [3.63, 3.8) is 0 Å². The van der Waals surface area contributed by atoms with Crippen LogP contribution >= 0.6 is 0 Å². The highest BCUT2D eigenvalue weighted by Gasteiger charge is 2.19. The van der Waals surface area contributed by atoms with E-state index in [1.165, 1.54) is 20.0 Å². The lowest BCUT2D eigenvalue weighted by molar-refractivity contribution is 0.0594. The molecule has 0 spiro atoms. The Morgan fingerprint density at radius 3 is 2.93 bits per heavy atom. The van der Waals surface area contributed by atoms with Gasteiger partial charge in [-0.05, 0) is 24.5 Å². The summed E-state index contributed by atoms with van der Waals surface area (Å²) in [6.45, 7) is 0.819. The molecule has 1 aromatic rings. The summed E-state index contributed by atoms with van der Waals surface area (Å²) in [4.78, 5) is 15.1. The first-order valence-corrected chi connectivity index (χ1v) is 5.06. The molecule has 15 heavy (non-hydrogen) atoms. The van der Waals surface area contributed by atoms with Crippen molar-refractivity contribution in [3.8, 4) is 0 Å². The van der Waals surface area contributed by atoms with Crippen LogP contribution in [0.15, 0.2) is 18.3 Å². The zero-order chi connectivity index (χ0) is 10.7. The average Bonchev–Trinajstić information content (AvgIpc) is 3.10. The number of pyridine rings is 1. The second kappa shape index (κ2) is 4.40. The van der Waals surface area contributed by atoms with E-state index in [0.29, 0.717) is 11.7 Å². The van der Waals surface area contributed by atoms with Gasteiger partial charge in [0.25, 0.3) is 0 Å². The Balaban J connectivity index is 1.93. The SMILES string of the molecule is COC(=O)c1ccc(CNC2CC2)cn1. The third kappa shape index (κ3) is 2.76. The molecule has 0 aromatic carbocycles. The summed E-state index contributed by atoms with van der Waals surface area (Å²) in [5.74, 6) is -0.392. The fraction of sp³-hybridized carbons (Fsp3) is 0.455. The second-order valence-electron chi connectivity index (χ2n) is 3.70. The number of hydrogen-bond acceptors (Lipinski definition) is 4. The molecule has 1 saturated carbocycles. The van der Waals surface area contributed by atoms with Crippen LogP contribution in [0.1, 0.15) is 28.9 Å². The summed E-state index contributed by atoms with van der Waals surface area (Å²) in [6, 6.07) is 4.27. The third-order valence-electron chi connectivity index (χ3n) is 2.39. The van der Waals surface area contributed by atoms with E-state index in [1.54, 1.807) is 12.3 Å². The number of esters is 1. The van der Waals surface area contributed by atoms with E-state index >= 15 is 0 Å². The van der Waals surface area contributed by atoms with E-state index in [0.717, 1.165) is 12.1 Å². The highest BCUT2D eigenvalue weighted by Crippen LogP contribution is 2.19. The topological polar surface area (TPSA) is 51.2 Å². The Hall–Kier alpha value is -1.42. The fourth-order valence-electron chi connectivity index (χ4n) is 1.30. The minimum atomic E-state index is -0.392. The predicted octanol–water partition coefficient (Wildman–Crippen LogP) is 1.12. The van der Waals surface area contributed by atoms with Gasteiger partial charge in [-0.25, -0.2) is 9.78 Å². The second-order valence-corrected chi connectivity index (χ2v) is 3.70. The standard InChI is InChI=1S/C11H14N2O2/c1-15-11(14)10-5-2-8(7-13-10)6-12-9-3-4-9/h2,5,7,9,12H,3-4,6H2,1H3. The van der Waals surface area contributed by atoms with Crippen molar-refractivity contribution in [1.82, 2.24) is 10.3 Å². The zero-order valence-corrected chi connectivity index (χ0v) is 8.69. The lowest BCUT2D eigenvalue weighted by atomic mass is 10.2. The highest BCUT2D eigenvalue weighted by molar-refractivity contribution is 5.86. The van der Waals surface area contributed by atoms with Crippen LogP contribution in [0, 0.1) is 0 Å². The van der Waals surface area contributed by atoms with Crippen molar-refractivity contribution < 1.29 is 9.53 Å². The van der Waals surface area contributed by atoms with Crippen LogP contribution in [0.25, 0.3) is 0 Å². The number of carbonyl (C=O) groups is 1. The van der Waals surface area contributed by atoms with Crippen LogP contribution in [0.5, 0.6) is 0 Å². The molecule has 4 nitrogen and oxygen atoms in total. The van der Waals surface area contributed by atoms with Crippen molar-refractivity contribution in [2.24, 2.45) is 0 Å². The molecule has 1 aromatic heterocycles. The Kier molecular flexibility index (Phi) is 2.97. The summed E-state index contributed by atoms with van der Waals surface area (Å²) < 4.78 is 4.57. The molecule has 0 saturated heterocycles. The number of hydrogen-bond donors (Lipinski definition) is 1. The first-order chi connectivity index (χ1) is 7.29. The first-order valence-electron chi connectivity index (χ1n) is 5.06. The molecular weight excluding hydrogens is 192 g/mol. The minimum Gasteiger partial charge on any atom is -0.464 e. The average molecular weight is 206 g/mol. The molecule has 1 fully saturated rings. The molecule has 4 heteroatoms. The number of nitrogens with zero attached hydrogens (tertiary/aromatic N) is 1. The normalized spacial score (nSPS) is 15.0. The molecular formula is C11H14N2O2. The molecule has 80 valence electrons. The summed E-state index contributed by atoms with van der Waals surface area (Å²) in [7, 11) is 1.35. The van der Waals surface area contributed by atoms with Crippen LogP contribution in [-0.4, -0.2) is 24.1 Å². The smallest absolute Gasteiger partial charge is 0.356 e. The van der Waals surface area contributed by atoms with Gasteiger partial charge < -0.3 is 10.1 Å². The molecule has 1 heterocycles. The number of nitrogens with one attached hydrogen (secondary N) is 1. The number of methoxy groups -OCH3 is 1. The van der Waals surface area contributed by atoms with Gasteiger partial charge in [-0.1, -0.05) is 6.07 Å². The van der Waals surface area contributed by atoms with Gasteiger partial charge in [-0.2, -0.15) is 0 Å². The maximum Gasteiger partial charge on any atom is 0.356 e. The Morgan fingerprint density at radius 2 is 2.40 bits per heavy atom. The van der Waals surface area contributed by atoms with Crippen LogP contribution in [0.4, 0.5) is 0 Å². The van der Waals surface area contributed by atoms with Gasteiger partial charge in [-0.3, -0.25) is 0 Å². The van der Waals surface area contributed by atoms with E-state index < -0.39 is 5.97 Å². The number of ether oxygens (including phenoxy) is 1. The van der Waals surface area contributed by atoms with Crippen LogP contribution in [0.2, 0.25) is 0 Å². The first kappa shape index (κ1) is 10.1. The summed E-state index contributed by atoms with van der Waals surface area (Å²) in [5.41, 5.74) is 1.45. The molecule has 0 bridgehead atoms. The molecule has 1 aliphatic rings. The number of aromatic nitrogens is 1. The van der Waals surface area contributed by atoms with Crippen LogP contribution in [-0.2, 0) is 11.3 Å². The fourth-order valence-corrected chi connectivity index (χ4v) is 1.30. The van der Waals surface area contributed by atoms with Gasteiger partial charge >= 0.3 is 5.97 Å². The van der Waals surface area contributed by atoms with Gasteiger partial charge in [0.2, 0.25) is 0 Å². The molecule has 0 atom stereocenters. The lowest BCUT2D eigenvalue weighted by Gasteiger charge is -2.03. The lowest BCUT2D eigenvalue weighted by Crippen LogP contribution is -2.15. The Bertz CT molecular complexity index is 344. The molecule has 1 N–H and O–H groups in total. The van der Waals surface area contributed by atoms with Gasteiger partial charge in [-0.15, -0.1) is 0 Å². The molecule has 2 rings (SSSR count). The maximum absolute atomic E-state index is 11.1. The Morgan fingerprint density at radius 1 is 1.60 bits per heavy atom. The van der Waals surface area contributed by atoms with Crippen LogP contribution in [0.3, 0.4) is 0 Å². The van der Waals surface area contributed by atoms with E-state index in [-0.39, 0.29) is 0 Å². The quantitative estimate of drug-likeness (QED) is 0.750. The van der Waals surface area contributed by atoms with Gasteiger partial charge in [0.15, 0.2) is 0 Å². The highest BCUT2D eigenvalue weighted by atomic mass is 16.5. The van der Waals surface area contributed by atoms with Crippen molar-refractivity contribution in [2.45, 2.75) is 25.4 Å². The van der Waals surface area contributed by atoms with E-state index in [2.05, 4.69) is 15.0 Å². The van der Waals surface area contributed by atoms with Gasteiger partial charge in [0.1, 0.15) is 5.69 Å². The van der Waals surface area contributed by atoms with Gasteiger partial charge in [0.05, 0.1) is 7.11 Å². The monoisotopic (exact) mass is 206 g/mol. The molecule has 1 aliphatic carbocycles. The van der Waals surface area contributed by atoms with Crippen molar-refractivity contribution in [2.75, 3.05) is 7.11 Å². The maximum atomic E-state index is 11.1. The van der Waals surface area contributed by atoms with Crippen molar-refractivity contribution >= 4 is 5.97 Å². The summed E-state index contributed by atoms with van der Waals surface area (Å²) in [5, 5.41) is 3.38. The molecule has 0 amide bonds.